The van der Waals surface area contributed by atoms with Crippen LogP contribution >= 0.6 is 23.2 Å². The van der Waals surface area contributed by atoms with Crippen LogP contribution in [0.3, 0.4) is 0 Å². The molecule has 0 amide bonds. The Morgan fingerprint density at radius 1 is 1.26 bits per heavy atom. The lowest BCUT2D eigenvalue weighted by Gasteiger charge is -2.16. The molecule has 19 heavy (non-hydrogen) atoms. The van der Waals surface area contributed by atoms with Gasteiger partial charge in [-0.15, -0.1) is 0 Å². The van der Waals surface area contributed by atoms with Crippen molar-refractivity contribution in [2.75, 3.05) is 0 Å². The van der Waals surface area contributed by atoms with Gasteiger partial charge >= 0.3 is 0 Å². The molecule has 3 nitrogen and oxygen atoms in total. The van der Waals surface area contributed by atoms with Gasteiger partial charge in [-0.1, -0.05) is 35.3 Å². The van der Waals surface area contributed by atoms with Gasteiger partial charge in [0.1, 0.15) is 5.82 Å². The molecule has 0 aliphatic carbocycles. The van der Waals surface area contributed by atoms with Gasteiger partial charge in [0.05, 0.1) is 21.8 Å². The van der Waals surface area contributed by atoms with Crippen LogP contribution in [0.15, 0.2) is 36.5 Å². The molecule has 0 fully saturated rings. The van der Waals surface area contributed by atoms with Gasteiger partial charge in [-0.3, -0.25) is 16.3 Å². The van der Waals surface area contributed by atoms with Crippen molar-refractivity contribution in [2.45, 2.75) is 12.5 Å². The van der Waals surface area contributed by atoms with Crippen molar-refractivity contribution in [2.24, 2.45) is 5.84 Å². The lowest BCUT2D eigenvalue weighted by Crippen LogP contribution is -2.30. The highest BCUT2D eigenvalue weighted by Gasteiger charge is 2.16. The van der Waals surface area contributed by atoms with Crippen molar-refractivity contribution in [3.63, 3.8) is 0 Å². The summed E-state index contributed by atoms with van der Waals surface area (Å²) in [6, 6.07) is 7.54. The van der Waals surface area contributed by atoms with Crippen LogP contribution in [0.1, 0.15) is 17.3 Å². The highest BCUT2D eigenvalue weighted by molar-refractivity contribution is 6.34. The lowest BCUT2D eigenvalue weighted by molar-refractivity contribution is 0.537. The van der Waals surface area contributed by atoms with E-state index in [1.165, 1.54) is 18.3 Å². The molecule has 2 rings (SSSR count). The molecule has 3 N–H and O–H groups in total. The van der Waals surface area contributed by atoms with Crippen molar-refractivity contribution in [1.29, 1.82) is 0 Å². The summed E-state index contributed by atoms with van der Waals surface area (Å²) in [4.78, 5) is 4.18. The van der Waals surface area contributed by atoms with E-state index < -0.39 is 0 Å². The summed E-state index contributed by atoms with van der Waals surface area (Å²) in [7, 11) is 0. The average Bonchev–Trinajstić information content (AvgIpc) is 2.39. The maximum absolute atomic E-state index is 12.8. The quantitative estimate of drug-likeness (QED) is 0.673. The molecule has 0 aliphatic heterocycles. The summed E-state index contributed by atoms with van der Waals surface area (Å²) in [5, 5.41) is 0.906. The number of rotatable bonds is 4. The number of pyridine rings is 1. The van der Waals surface area contributed by atoms with Gasteiger partial charge in [-0.05, 0) is 30.2 Å². The van der Waals surface area contributed by atoms with Gasteiger partial charge in [-0.2, -0.15) is 0 Å². The van der Waals surface area contributed by atoms with Gasteiger partial charge in [0.15, 0.2) is 0 Å². The maximum atomic E-state index is 12.8. The summed E-state index contributed by atoms with van der Waals surface area (Å²) in [5.41, 5.74) is 4.20. The van der Waals surface area contributed by atoms with Gasteiger partial charge in [0.2, 0.25) is 0 Å². The van der Waals surface area contributed by atoms with Crippen LogP contribution in [0.4, 0.5) is 4.39 Å². The molecule has 0 aliphatic rings. The zero-order valence-corrected chi connectivity index (χ0v) is 11.4. The number of nitrogens with one attached hydrogen (secondary N) is 1. The Kier molecular flexibility index (Phi) is 4.71. The van der Waals surface area contributed by atoms with Crippen LogP contribution < -0.4 is 11.3 Å². The predicted octanol–water partition coefficient (Wildman–Crippen LogP) is 3.27. The van der Waals surface area contributed by atoms with E-state index in [9.17, 15) is 4.39 Å². The molecule has 100 valence electrons. The first kappa shape index (κ1) is 14.2. The van der Waals surface area contributed by atoms with E-state index >= 15 is 0 Å². The predicted molar refractivity (Wildman–Crippen MR) is 74.4 cm³/mol. The van der Waals surface area contributed by atoms with E-state index in [1.807, 2.05) is 0 Å². The normalized spacial score (nSPS) is 12.4. The van der Waals surface area contributed by atoms with E-state index in [0.717, 1.165) is 5.56 Å². The second kappa shape index (κ2) is 6.30. The largest absolute Gasteiger partial charge is 0.271 e. The Morgan fingerprint density at radius 2 is 1.95 bits per heavy atom. The minimum absolute atomic E-state index is 0.268. The Labute approximate surface area is 120 Å². The van der Waals surface area contributed by atoms with Crippen LogP contribution in [0, 0.1) is 5.82 Å². The fourth-order valence-corrected chi connectivity index (χ4v) is 2.28. The molecule has 1 aromatic heterocycles. The second-order valence-electron chi connectivity index (χ2n) is 4.07. The Hall–Kier alpha value is -1.20. The highest BCUT2D eigenvalue weighted by atomic mass is 35.5. The Morgan fingerprint density at radius 3 is 2.53 bits per heavy atom. The van der Waals surface area contributed by atoms with Crippen molar-refractivity contribution in [3.05, 3.63) is 63.6 Å². The number of benzene rings is 1. The molecule has 0 bridgehead atoms. The van der Waals surface area contributed by atoms with E-state index in [4.69, 9.17) is 29.0 Å². The fourth-order valence-electron chi connectivity index (χ4n) is 1.77. The average molecular weight is 300 g/mol. The molecule has 6 heteroatoms. The van der Waals surface area contributed by atoms with Gasteiger partial charge in [0, 0.05) is 6.20 Å². The summed E-state index contributed by atoms with van der Waals surface area (Å²) in [5.74, 6) is 5.26. The third-order valence-electron chi connectivity index (χ3n) is 2.72. The Bertz CT molecular complexity index is 560. The lowest BCUT2D eigenvalue weighted by atomic mass is 10.0. The van der Waals surface area contributed by atoms with Gasteiger partial charge in [-0.25, -0.2) is 4.39 Å². The van der Waals surface area contributed by atoms with Crippen LogP contribution in [0.2, 0.25) is 10.0 Å². The number of hydrogen-bond donors (Lipinski definition) is 2. The Balaban J connectivity index is 2.22. The SMILES string of the molecule is NNC(Cc1ccc(F)cc1)c1ncc(Cl)cc1Cl. The molecule has 1 unspecified atom stereocenters. The molecular formula is C13H12Cl2FN3. The first-order valence-corrected chi connectivity index (χ1v) is 6.37. The zero-order valence-electron chi connectivity index (χ0n) is 9.91. The van der Waals surface area contributed by atoms with Crippen molar-refractivity contribution in [1.82, 2.24) is 10.4 Å². The first-order chi connectivity index (χ1) is 9.10. The van der Waals surface area contributed by atoms with Crippen LogP contribution in [-0.4, -0.2) is 4.98 Å². The van der Waals surface area contributed by atoms with E-state index in [1.54, 1.807) is 18.2 Å². The molecular weight excluding hydrogens is 288 g/mol. The molecule has 0 radical (unpaired) electrons. The monoisotopic (exact) mass is 299 g/mol. The van der Waals surface area contributed by atoms with Crippen LogP contribution in [0.25, 0.3) is 0 Å². The fraction of sp³-hybridized carbons (Fsp3) is 0.154. The van der Waals surface area contributed by atoms with E-state index in [0.29, 0.717) is 22.2 Å². The molecule has 2 aromatic rings. The van der Waals surface area contributed by atoms with Crippen molar-refractivity contribution >= 4 is 23.2 Å². The summed E-state index contributed by atoms with van der Waals surface area (Å²) in [6.45, 7) is 0. The molecule has 0 saturated carbocycles. The number of halogens is 3. The first-order valence-electron chi connectivity index (χ1n) is 5.61. The molecule has 0 spiro atoms. The van der Waals surface area contributed by atoms with E-state index in [2.05, 4.69) is 10.4 Å². The minimum atomic E-state index is -0.274. The standard InChI is InChI=1S/C13H12Cl2FN3/c14-9-6-11(15)13(18-7-9)12(19-17)5-8-1-3-10(16)4-2-8/h1-4,6-7,12,19H,5,17H2. The summed E-state index contributed by atoms with van der Waals surface area (Å²) < 4.78 is 12.8. The highest BCUT2D eigenvalue weighted by Crippen LogP contribution is 2.25. The van der Waals surface area contributed by atoms with Crippen LogP contribution in [0.5, 0.6) is 0 Å². The molecule has 1 heterocycles. The number of hydrogen-bond acceptors (Lipinski definition) is 3. The van der Waals surface area contributed by atoms with E-state index in [-0.39, 0.29) is 11.9 Å². The molecule has 0 saturated heterocycles. The van der Waals surface area contributed by atoms with Gasteiger partial charge in [0.25, 0.3) is 0 Å². The van der Waals surface area contributed by atoms with Crippen molar-refractivity contribution in [3.8, 4) is 0 Å². The smallest absolute Gasteiger partial charge is 0.123 e. The summed E-state index contributed by atoms with van der Waals surface area (Å²) >= 11 is 11.9. The van der Waals surface area contributed by atoms with Gasteiger partial charge < -0.3 is 0 Å². The topological polar surface area (TPSA) is 50.9 Å². The number of nitrogens with two attached hydrogens (primary N) is 1. The number of nitrogens with zero attached hydrogens (tertiary/aromatic N) is 1. The third kappa shape index (κ3) is 3.64. The molecule has 1 aromatic carbocycles. The third-order valence-corrected chi connectivity index (χ3v) is 3.23. The number of aromatic nitrogens is 1. The minimum Gasteiger partial charge on any atom is -0.271 e. The summed E-state index contributed by atoms with van der Waals surface area (Å²) in [6.07, 6.45) is 2.06. The maximum Gasteiger partial charge on any atom is 0.123 e. The second-order valence-corrected chi connectivity index (χ2v) is 4.91. The number of hydrazine groups is 1. The van der Waals surface area contributed by atoms with Crippen molar-refractivity contribution < 1.29 is 4.39 Å². The molecule has 1 atom stereocenters. The zero-order chi connectivity index (χ0) is 13.8. The van der Waals surface area contributed by atoms with Crippen LogP contribution in [-0.2, 0) is 6.42 Å².